The van der Waals surface area contributed by atoms with Crippen molar-refractivity contribution in [2.75, 3.05) is 0 Å². The molecule has 0 unspecified atom stereocenters. The van der Waals surface area contributed by atoms with Gasteiger partial charge in [0, 0.05) is 22.4 Å². The summed E-state index contributed by atoms with van der Waals surface area (Å²) < 4.78 is 5.20. The second-order valence-electron chi connectivity index (χ2n) is 2.95. The van der Waals surface area contributed by atoms with Gasteiger partial charge in [-0.1, -0.05) is 22.0 Å². The molecule has 0 N–H and O–H groups in total. The quantitative estimate of drug-likeness (QED) is 0.268. The van der Waals surface area contributed by atoms with Gasteiger partial charge in [-0.05, 0) is 86.6 Å². The van der Waals surface area contributed by atoms with E-state index in [9.17, 15) is 0 Å². The Morgan fingerprint density at radius 2 is 1.13 bits per heavy atom. The van der Waals surface area contributed by atoms with Crippen molar-refractivity contribution >= 4 is 90.4 Å². The van der Waals surface area contributed by atoms with E-state index in [1.54, 1.807) is 0 Å². The molecule has 0 atom stereocenters. The fraction of sp³-hybridized carbons (Fsp3) is 0. The van der Waals surface area contributed by atoms with Gasteiger partial charge in [-0.2, -0.15) is 0 Å². The first-order valence-corrected chi connectivity index (χ1v) is 7.90. The van der Waals surface area contributed by atoms with Gasteiger partial charge in [0.2, 0.25) is 0 Å². The molecular formula is C10H3Br5. The Hall–Kier alpha value is 1.10. The fourth-order valence-electron chi connectivity index (χ4n) is 1.32. The zero-order valence-electron chi connectivity index (χ0n) is 7.12. The lowest BCUT2D eigenvalue weighted by molar-refractivity contribution is 1.55. The molecule has 15 heavy (non-hydrogen) atoms. The van der Waals surface area contributed by atoms with Crippen LogP contribution < -0.4 is 0 Å². The highest BCUT2D eigenvalue weighted by Crippen LogP contribution is 2.43. The van der Waals surface area contributed by atoms with Gasteiger partial charge < -0.3 is 0 Å². The Bertz CT molecular complexity index is 547. The van der Waals surface area contributed by atoms with Crippen molar-refractivity contribution in [1.82, 2.24) is 0 Å². The average molecular weight is 523 g/mol. The van der Waals surface area contributed by atoms with Gasteiger partial charge in [-0.3, -0.25) is 0 Å². The molecule has 0 radical (unpaired) electrons. The van der Waals surface area contributed by atoms with Gasteiger partial charge in [0.15, 0.2) is 0 Å². The summed E-state index contributed by atoms with van der Waals surface area (Å²) in [5.74, 6) is 0. The van der Waals surface area contributed by atoms with E-state index in [4.69, 9.17) is 0 Å². The molecule has 0 heterocycles. The summed E-state index contributed by atoms with van der Waals surface area (Å²) in [4.78, 5) is 0. The minimum atomic E-state index is 1.01. The predicted molar refractivity (Wildman–Crippen MR) is 82.4 cm³/mol. The van der Waals surface area contributed by atoms with Crippen molar-refractivity contribution in [3.8, 4) is 0 Å². The maximum atomic E-state index is 3.58. The first kappa shape index (κ1) is 12.6. The highest BCUT2D eigenvalue weighted by Gasteiger charge is 2.13. The second-order valence-corrected chi connectivity index (χ2v) is 7.03. The van der Waals surface area contributed by atoms with E-state index >= 15 is 0 Å². The molecule has 2 rings (SSSR count). The summed E-state index contributed by atoms with van der Waals surface area (Å²) >= 11 is 17.7. The van der Waals surface area contributed by atoms with Crippen LogP contribution in [-0.2, 0) is 0 Å². The first-order chi connectivity index (χ1) is 7.02. The largest absolute Gasteiger partial charge is 0.0520 e. The molecule has 0 aromatic heterocycles. The standard InChI is InChI=1S/C10H3Br5/c11-4-1-2-5-6(3-4)8(13)10(15)9(14)7(5)12/h1-3H. The number of hydrogen-bond acceptors (Lipinski definition) is 0. The van der Waals surface area contributed by atoms with Crippen LogP contribution in [0.2, 0.25) is 0 Å². The summed E-state index contributed by atoms with van der Waals surface area (Å²) in [7, 11) is 0. The Morgan fingerprint density at radius 3 is 1.73 bits per heavy atom. The van der Waals surface area contributed by atoms with Gasteiger partial charge in [-0.15, -0.1) is 0 Å². The van der Waals surface area contributed by atoms with E-state index in [0.29, 0.717) is 0 Å². The monoisotopic (exact) mass is 518 g/mol. The summed E-state index contributed by atoms with van der Waals surface area (Å²) in [6.45, 7) is 0. The van der Waals surface area contributed by atoms with Crippen LogP contribution in [0.15, 0.2) is 40.6 Å². The smallest absolute Gasteiger partial charge is 0.0477 e. The Balaban J connectivity index is 3.00. The molecule has 0 bridgehead atoms. The van der Waals surface area contributed by atoms with E-state index < -0.39 is 0 Å². The zero-order chi connectivity index (χ0) is 11.2. The van der Waals surface area contributed by atoms with E-state index in [0.717, 1.165) is 27.7 Å². The van der Waals surface area contributed by atoms with Gasteiger partial charge in [0.1, 0.15) is 0 Å². The maximum Gasteiger partial charge on any atom is 0.0477 e. The van der Waals surface area contributed by atoms with E-state index in [1.165, 1.54) is 5.39 Å². The molecule has 0 aliphatic heterocycles. The second kappa shape index (κ2) is 4.77. The maximum absolute atomic E-state index is 3.58. The van der Waals surface area contributed by atoms with Crippen LogP contribution in [0.25, 0.3) is 10.8 Å². The van der Waals surface area contributed by atoms with E-state index in [-0.39, 0.29) is 0 Å². The van der Waals surface area contributed by atoms with E-state index in [1.807, 2.05) is 6.07 Å². The molecule has 0 saturated carbocycles. The van der Waals surface area contributed by atoms with Crippen molar-refractivity contribution in [2.45, 2.75) is 0 Å². The number of hydrogen-bond donors (Lipinski definition) is 0. The molecule has 0 aliphatic carbocycles. The summed E-state index contributed by atoms with van der Waals surface area (Å²) in [5.41, 5.74) is 0. The summed E-state index contributed by atoms with van der Waals surface area (Å²) in [5, 5.41) is 2.33. The van der Waals surface area contributed by atoms with Crippen molar-refractivity contribution < 1.29 is 0 Å². The molecule has 5 heteroatoms. The van der Waals surface area contributed by atoms with Crippen molar-refractivity contribution in [2.24, 2.45) is 0 Å². The number of rotatable bonds is 0. The van der Waals surface area contributed by atoms with E-state index in [2.05, 4.69) is 91.8 Å². The predicted octanol–water partition coefficient (Wildman–Crippen LogP) is 6.65. The third-order valence-corrected chi connectivity index (χ3v) is 7.36. The molecular weight excluding hydrogens is 520 g/mol. The highest BCUT2D eigenvalue weighted by atomic mass is 79.9. The fourth-order valence-corrected chi connectivity index (χ4v) is 4.11. The molecule has 0 saturated heterocycles. The van der Waals surface area contributed by atoms with Gasteiger partial charge in [-0.25, -0.2) is 0 Å². The minimum Gasteiger partial charge on any atom is -0.0520 e. The third-order valence-electron chi connectivity index (χ3n) is 2.03. The first-order valence-electron chi connectivity index (χ1n) is 3.93. The molecule has 0 spiro atoms. The van der Waals surface area contributed by atoms with Gasteiger partial charge in [0.25, 0.3) is 0 Å². The Labute approximate surface area is 129 Å². The van der Waals surface area contributed by atoms with Crippen molar-refractivity contribution in [3.63, 3.8) is 0 Å². The van der Waals surface area contributed by atoms with Crippen LogP contribution in [0, 0.1) is 0 Å². The number of halogens is 5. The van der Waals surface area contributed by atoms with Crippen LogP contribution in [0.5, 0.6) is 0 Å². The number of fused-ring (bicyclic) bond motifs is 1. The Kier molecular flexibility index (Phi) is 3.99. The molecule has 78 valence electrons. The molecule has 2 aromatic carbocycles. The van der Waals surface area contributed by atoms with Crippen molar-refractivity contribution in [1.29, 1.82) is 0 Å². The molecule has 2 aromatic rings. The van der Waals surface area contributed by atoms with Crippen LogP contribution in [0.4, 0.5) is 0 Å². The van der Waals surface area contributed by atoms with Gasteiger partial charge in [0.05, 0.1) is 0 Å². The molecule has 0 fully saturated rings. The molecule has 0 aliphatic rings. The number of benzene rings is 2. The van der Waals surface area contributed by atoms with Crippen molar-refractivity contribution in [3.05, 3.63) is 40.6 Å². The zero-order valence-corrected chi connectivity index (χ0v) is 15.1. The highest BCUT2D eigenvalue weighted by molar-refractivity contribution is 9.15. The summed E-state index contributed by atoms with van der Waals surface area (Å²) in [6, 6.07) is 6.19. The SMILES string of the molecule is Brc1ccc2c(Br)c(Br)c(Br)c(Br)c2c1. The van der Waals surface area contributed by atoms with Crippen LogP contribution in [-0.4, -0.2) is 0 Å². The van der Waals surface area contributed by atoms with Crippen LogP contribution in [0.1, 0.15) is 0 Å². The topological polar surface area (TPSA) is 0 Å². The Morgan fingerprint density at radius 1 is 0.600 bits per heavy atom. The minimum absolute atomic E-state index is 1.01. The van der Waals surface area contributed by atoms with Gasteiger partial charge >= 0.3 is 0 Å². The lowest BCUT2D eigenvalue weighted by Crippen LogP contribution is -1.82. The lowest BCUT2D eigenvalue weighted by Gasteiger charge is -2.09. The average Bonchev–Trinajstić information content (AvgIpc) is 2.23. The molecule has 0 amide bonds. The lowest BCUT2D eigenvalue weighted by atomic mass is 10.1. The van der Waals surface area contributed by atoms with Crippen LogP contribution in [0.3, 0.4) is 0 Å². The van der Waals surface area contributed by atoms with Crippen LogP contribution >= 0.6 is 79.6 Å². The molecule has 0 nitrogen and oxygen atoms in total. The third kappa shape index (κ3) is 2.23. The normalized spacial score (nSPS) is 11.0. The summed E-state index contributed by atoms with van der Waals surface area (Å²) in [6.07, 6.45) is 0.